The Balaban J connectivity index is 1.97. The molecule has 0 N–H and O–H groups in total. The van der Waals surface area contributed by atoms with Crippen molar-refractivity contribution in [2.45, 2.75) is 19.4 Å². The molecule has 0 amide bonds. The highest BCUT2D eigenvalue weighted by atomic mass is 35.5. The van der Waals surface area contributed by atoms with Crippen LogP contribution in [0, 0.1) is 0 Å². The maximum atomic E-state index is 5.64. The average Bonchev–Trinajstić information content (AvgIpc) is 2.62. The van der Waals surface area contributed by atoms with E-state index in [2.05, 4.69) is 15.1 Å². The standard InChI is InChI=1S/C9H12ClN3/c10-9-4-3-8(11-12-9)7-13-5-1-2-6-13/h3-4H,1-2,5-7H2. The van der Waals surface area contributed by atoms with E-state index in [-0.39, 0.29) is 0 Å². The summed E-state index contributed by atoms with van der Waals surface area (Å²) in [6.07, 6.45) is 2.61. The second kappa shape index (κ2) is 4.03. The van der Waals surface area contributed by atoms with Crippen molar-refractivity contribution >= 4 is 11.6 Å². The molecule has 0 aromatic carbocycles. The minimum Gasteiger partial charge on any atom is -0.297 e. The molecule has 0 aliphatic carbocycles. The summed E-state index contributed by atoms with van der Waals surface area (Å²) in [6.45, 7) is 3.28. The molecule has 13 heavy (non-hydrogen) atoms. The van der Waals surface area contributed by atoms with Gasteiger partial charge >= 0.3 is 0 Å². The van der Waals surface area contributed by atoms with Gasteiger partial charge in [-0.15, -0.1) is 5.10 Å². The van der Waals surface area contributed by atoms with E-state index in [0.717, 1.165) is 12.2 Å². The topological polar surface area (TPSA) is 29.0 Å². The van der Waals surface area contributed by atoms with Crippen molar-refractivity contribution in [3.05, 3.63) is 23.0 Å². The first kappa shape index (κ1) is 8.91. The zero-order valence-electron chi connectivity index (χ0n) is 7.41. The van der Waals surface area contributed by atoms with Crippen LogP contribution in [-0.2, 0) is 6.54 Å². The third-order valence-electron chi connectivity index (χ3n) is 2.27. The normalized spacial score (nSPS) is 17.9. The molecule has 70 valence electrons. The average molecular weight is 198 g/mol. The number of aromatic nitrogens is 2. The molecule has 1 aromatic rings. The van der Waals surface area contributed by atoms with Crippen LogP contribution in [0.3, 0.4) is 0 Å². The highest BCUT2D eigenvalue weighted by Gasteiger charge is 2.12. The number of rotatable bonds is 2. The highest BCUT2D eigenvalue weighted by Crippen LogP contribution is 2.11. The van der Waals surface area contributed by atoms with E-state index in [9.17, 15) is 0 Å². The Labute approximate surface area is 82.7 Å². The van der Waals surface area contributed by atoms with E-state index in [1.54, 1.807) is 6.07 Å². The van der Waals surface area contributed by atoms with Gasteiger partial charge in [0.25, 0.3) is 0 Å². The van der Waals surface area contributed by atoms with Crippen molar-refractivity contribution in [2.75, 3.05) is 13.1 Å². The SMILES string of the molecule is Clc1ccc(CN2CCCC2)nn1. The molecule has 1 aliphatic heterocycles. The molecule has 1 fully saturated rings. The van der Waals surface area contributed by atoms with E-state index >= 15 is 0 Å². The first-order valence-electron chi connectivity index (χ1n) is 4.55. The zero-order chi connectivity index (χ0) is 9.10. The van der Waals surface area contributed by atoms with Gasteiger partial charge < -0.3 is 0 Å². The highest BCUT2D eigenvalue weighted by molar-refractivity contribution is 6.29. The fourth-order valence-electron chi connectivity index (χ4n) is 1.60. The number of hydrogen-bond acceptors (Lipinski definition) is 3. The predicted molar refractivity (Wildman–Crippen MR) is 51.6 cm³/mol. The van der Waals surface area contributed by atoms with E-state index in [1.807, 2.05) is 6.07 Å². The lowest BCUT2D eigenvalue weighted by atomic mass is 10.3. The first-order valence-corrected chi connectivity index (χ1v) is 4.93. The van der Waals surface area contributed by atoms with Gasteiger partial charge in [0.15, 0.2) is 5.15 Å². The molecule has 0 unspecified atom stereocenters. The molecular formula is C9H12ClN3. The molecule has 0 radical (unpaired) electrons. The molecule has 1 aromatic heterocycles. The van der Waals surface area contributed by atoms with Gasteiger partial charge in [-0.2, -0.15) is 5.10 Å². The first-order chi connectivity index (χ1) is 6.34. The lowest BCUT2D eigenvalue weighted by molar-refractivity contribution is 0.326. The van der Waals surface area contributed by atoms with Crippen molar-refractivity contribution < 1.29 is 0 Å². The minimum absolute atomic E-state index is 0.463. The van der Waals surface area contributed by atoms with Crippen LogP contribution in [0.4, 0.5) is 0 Å². The van der Waals surface area contributed by atoms with Gasteiger partial charge in [-0.05, 0) is 38.1 Å². The van der Waals surface area contributed by atoms with Crippen LogP contribution in [0.25, 0.3) is 0 Å². The fraction of sp³-hybridized carbons (Fsp3) is 0.556. The van der Waals surface area contributed by atoms with Crippen molar-refractivity contribution in [3.8, 4) is 0 Å². The summed E-state index contributed by atoms with van der Waals surface area (Å²) in [7, 11) is 0. The van der Waals surface area contributed by atoms with Crippen molar-refractivity contribution in [2.24, 2.45) is 0 Å². The smallest absolute Gasteiger partial charge is 0.151 e. The summed E-state index contributed by atoms with van der Waals surface area (Å²) in [5.74, 6) is 0. The van der Waals surface area contributed by atoms with Crippen molar-refractivity contribution in [3.63, 3.8) is 0 Å². The Kier molecular flexibility index (Phi) is 2.76. The van der Waals surface area contributed by atoms with Crippen LogP contribution in [0.15, 0.2) is 12.1 Å². The number of likely N-dealkylation sites (tertiary alicyclic amines) is 1. The quantitative estimate of drug-likeness (QED) is 0.723. The van der Waals surface area contributed by atoms with Gasteiger partial charge in [0.05, 0.1) is 5.69 Å². The van der Waals surface area contributed by atoms with E-state index < -0.39 is 0 Å². The fourth-order valence-corrected chi connectivity index (χ4v) is 1.70. The molecule has 2 rings (SSSR count). The summed E-state index contributed by atoms with van der Waals surface area (Å²) < 4.78 is 0. The van der Waals surface area contributed by atoms with E-state index in [0.29, 0.717) is 5.15 Å². The number of nitrogens with zero attached hydrogens (tertiary/aromatic N) is 3. The van der Waals surface area contributed by atoms with Gasteiger partial charge in [-0.1, -0.05) is 11.6 Å². The molecule has 0 saturated carbocycles. The summed E-state index contributed by atoms with van der Waals surface area (Å²) in [5, 5.41) is 8.29. The third kappa shape index (κ3) is 2.39. The van der Waals surface area contributed by atoms with Gasteiger partial charge in [0.2, 0.25) is 0 Å². The molecule has 0 spiro atoms. The Hall–Kier alpha value is -0.670. The van der Waals surface area contributed by atoms with Crippen LogP contribution in [0.5, 0.6) is 0 Å². The van der Waals surface area contributed by atoms with Gasteiger partial charge in [0.1, 0.15) is 0 Å². The molecule has 3 nitrogen and oxygen atoms in total. The summed E-state index contributed by atoms with van der Waals surface area (Å²) in [4.78, 5) is 2.39. The Morgan fingerprint density at radius 2 is 2.00 bits per heavy atom. The van der Waals surface area contributed by atoms with Crippen LogP contribution in [0.1, 0.15) is 18.5 Å². The molecule has 1 saturated heterocycles. The van der Waals surface area contributed by atoms with Gasteiger partial charge in [-0.25, -0.2) is 0 Å². The largest absolute Gasteiger partial charge is 0.297 e. The van der Waals surface area contributed by atoms with E-state index in [4.69, 9.17) is 11.6 Å². The van der Waals surface area contributed by atoms with E-state index in [1.165, 1.54) is 25.9 Å². The maximum absolute atomic E-state index is 5.64. The maximum Gasteiger partial charge on any atom is 0.151 e. The summed E-state index contributed by atoms with van der Waals surface area (Å²) in [6, 6.07) is 3.73. The molecule has 2 heterocycles. The molecule has 0 bridgehead atoms. The lowest BCUT2D eigenvalue weighted by Crippen LogP contribution is -2.19. The third-order valence-corrected chi connectivity index (χ3v) is 2.47. The molecule has 0 atom stereocenters. The van der Waals surface area contributed by atoms with Crippen molar-refractivity contribution in [1.82, 2.24) is 15.1 Å². The van der Waals surface area contributed by atoms with Crippen LogP contribution in [0.2, 0.25) is 5.15 Å². The molecule has 1 aliphatic rings. The molecular weight excluding hydrogens is 186 g/mol. The van der Waals surface area contributed by atoms with Crippen LogP contribution in [-0.4, -0.2) is 28.2 Å². The Morgan fingerprint density at radius 1 is 1.23 bits per heavy atom. The monoisotopic (exact) mass is 197 g/mol. The van der Waals surface area contributed by atoms with Gasteiger partial charge in [0, 0.05) is 6.54 Å². The lowest BCUT2D eigenvalue weighted by Gasteiger charge is -2.12. The predicted octanol–water partition coefficient (Wildman–Crippen LogP) is 1.73. The Morgan fingerprint density at radius 3 is 2.62 bits per heavy atom. The van der Waals surface area contributed by atoms with Crippen molar-refractivity contribution in [1.29, 1.82) is 0 Å². The summed E-state index contributed by atoms with van der Waals surface area (Å²) in [5.41, 5.74) is 1.01. The van der Waals surface area contributed by atoms with Gasteiger partial charge in [-0.3, -0.25) is 4.90 Å². The second-order valence-electron chi connectivity index (χ2n) is 3.33. The number of halogens is 1. The molecule has 4 heteroatoms. The van der Waals surface area contributed by atoms with Crippen LogP contribution >= 0.6 is 11.6 Å². The zero-order valence-corrected chi connectivity index (χ0v) is 8.17. The second-order valence-corrected chi connectivity index (χ2v) is 3.72. The summed E-state index contributed by atoms with van der Waals surface area (Å²) >= 11 is 5.64. The van der Waals surface area contributed by atoms with Crippen LogP contribution < -0.4 is 0 Å². The number of hydrogen-bond donors (Lipinski definition) is 0. The minimum atomic E-state index is 0.463. The Bertz CT molecular complexity index is 267.